The van der Waals surface area contributed by atoms with Gasteiger partial charge in [-0.15, -0.1) is 0 Å². The highest BCUT2D eigenvalue weighted by Gasteiger charge is 2.18. The first-order chi connectivity index (χ1) is 18.4. The van der Waals surface area contributed by atoms with Crippen LogP contribution in [0.25, 0.3) is 6.08 Å². The second-order valence-corrected chi connectivity index (χ2v) is 9.80. The molecule has 0 saturated carbocycles. The number of fused-ring (bicyclic) bond motifs is 2. The first kappa shape index (κ1) is 25.1. The molecule has 4 aromatic rings. The zero-order chi connectivity index (χ0) is 26.6. The van der Waals surface area contributed by atoms with Gasteiger partial charge in [0.2, 0.25) is 0 Å². The zero-order valence-electron chi connectivity index (χ0n) is 20.8. The molecule has 5 rings (SSSR count). The van der Waals surface area contributed by atoms with Crippen LogP contribution in [0.4, 0.5) is 17.1 Å². The lowest BCUT2D eigenvalue weighted by Gasteiger charge is -2.20. The van der Waals surface area contributed by atoms with Crippen LogP contribution in [0.1, 0.15) is 27.0 Å². The van der Waals surface area contributed by atoms with Gasteiger partial charge in [0.1, 0.15) is 12.4 Å². The van der Waals surface area contributed by atoms with Crippen molar-refractivity contribution in [3.8, 4) is 11.5 Å². The maximum atomic E-state index is 13.0. The second-order valence-electron chi connectivity index (χ2n) is 8.72. The summed E-state index contributed by atoms with van der Waals surface area (Å²) in [6.45, 7) is 1.91. The summed E-state index contributed by atoms with van der Waals surface area (Å²) in [4.78, 5) is 26.1. The van der Waals surface area contributed by atoms with Gasteiger partial charge < -0.3 is 14.8 Å². The third-order valence-electron chi connectivity index (χ3n) is 6.07. The first-order valence-electron chi connectivity index (χ1n) is 11.9. The number of nitro groups is 1. The van der Waals surface area contributed by atoms with E-state index in [1.165, 1.54) is 12.1 Å². The van der Waals surface area contributed by atoms with Gasteiger partial charge in [-0.3, -0.25) is 14.9 Å². The standard InChI is InChI=1S/C30H24N2O5S/c1-19-7-11-25(32(34)35)28(15-19)37-18-22-16-20(9-13-27(22)36-2)8-12-26(33)21-10-14-30-24(17-21)31-23-5-3-4-6-29(23)38-30/h3-17,31H,18H2,1-2H3/b12-8+. The molecule has 190 valence electrons. The fourth-order valence-corrected chi connectivity index (χ4v) is 5.09. The largest absolute Gasteiger partial charge is 0.496 e. The van der Waals surface area contributed by atoms with Crippen LogP contribution >= 0.6 is 11.8 Å². The predicted octanol–water partition coefficient (Wildman–Crippen LogP) is 7.60. The Bertz CT molecular complexity index is 1580. The van der Waals surface area contributed by atoms with Crippen molar-refractivity contribution in [3.63, 3.8) is 0 Å². The molecule has 8 heteroatoms. The van der Waals surface area contributed by atoms with Crippen LogP contribution in [-0.4, -0.2) is 17.8 Å². The quantitative estimate of drug-likeness (QED) is 0.0967. The number of ether oxygens (including phenoxy) is 2. The molecular formula is C30H24N2O5S. The average Bonchev–Trinajstić information content (AvgIpc) is 2.93. The van der Waals surface area contributed by atoms with Crippen LogP contribution < -0.4 is 14.8 Å². The van der Waals surface area contributed by atoms with Crippen LogP contribution in [0.2, 0.25) is 0 Å². The minimum Gasteiger partial charge on any atom is -0.496 e. The lowest BCUT2D eigenvalue weighted by molar-refractivity contribution is -0.386. The van der Waals surface area contributed by atoms with E-state index in [0.29, 0.717) is 16.9 Å². The molecule has 1 aliphatic heterocycles. The number of hydrogen-bond donors (Lipinski definition) is 1. The van der Waals surface area contributed by atoms with E-state index in [2.05, 4.69) is 11.4 Å². The number of anilines is 2. The number of nitrogens with zero attached hydrogens (tertiary/aromatic N) is 1. The van der Waals surface area contributed by atoms with Crippen LogP contribution in [0.3, 0.4) is 0 Å². The third-order valence-corrected chi connectivity index (χ3v) is 7.22. The number of hydrogen-bond acceptors (Lipinski definition) is 7. The average molecular weight is 525 g/mol. The smallest absolute Gasteiger partial charge is 0.310 e. The van der Waals surface area contributed by atoms with E-state index >= 15 is 0 Å². The zero-order valence-corrected chi connectivity index (χ0v) is 21.6. The Morgan fingerprint density at radius 1 is 0.974 bits per heavy atom. The molecule has 0 amide bonds. The van der Waals surface area contributed by atoms with Crippen LogP contribution in [0.15, 0.2) is 94.7 Å². The number of benzene rings is 4. The van der Waals surface area contributed by atoms with E-state index in [-0.39, 0.29) is 23.8 Å². The highest BCUT2D eigenvalue weighted by molar-refractivity contribution is 7.99. The van der Waals surface area contributed by atoms with E-state index < -0.39 is 4.92 Å². The summed E-state index contributed by atoms with van der Waals surface area (Å²) in [7, 11) is 1.55. The maximum absolute atomic E-state index is 13.0. The van der Waals surface area contributed by atoms with Gasteiger partial charge in [0, 0.05) is 27.0 Å². The van der Waals surface area contributed by atoms with Gasteiger partial charge in [0.05, 0.1) is 23.4 Å². The molecule has 0 aliphatic carbocycles. The van der Waals surface area contributed by atoms with Crippen LogP contribution in [0.5, 0.6) is 11.5 Å². The fraction of sp³-hybridized carbons (Fsp3) is 0.100. The minimum atomic E-state index is -0.468. The molecule has 1 N–H and O–H groups in total. The van der Waals surface area contributed by atoms with E-state index in [4.69, 9.17) is 9.47 Å². The van der Waals surface area contributed by atoms with Crippen LogP contribution in [-0.2, 0) is 6.61 Å². The topological polar surface area (TPSA) is 90.7 Å². The Kier molecular flexibility index (Phi) is 7.15. The van der Waals surface area contributed by atoms with Gasteiger partial charge in [-0.25, -0.2) is 0 Å². The number of carbonyl (C=O) groups is 1. The van der Waals surface area contributed by atoms with Crippen LogP contribution in [0, 0.1) is 17.0 Å². The van der Waals surface area contributed by atoms with E-state index in [1.54, 1.807) is 43.1 Å². The number of allylic oxidation sites excluding steroid dienone is 1. The molecule has 0 unspecified atom stereocenters. The van der Waals surface area contributed by atoms with E-state index in [9.17, 15) is 14.9 Å². The highest BCUT2D eigenvalue weighted by atomic mass is 32.2. The number of aryl methyl sites for hydroxylation is 1. The molecule has 0 bridgehead atoms. The van der Waals surface area contributed by atoms with Gasteiger partial charge in [-0.2, -0.15) is 0 Å². The summed E-state index contributed by atoms with van der Waals surface area (Å²) in [5.74, 6) is 0.653. The summed E-state index contributed by atoms with van der Waals surface area (Å²) < 4.78 is 11.3. The second kappa shape index (κ2) is 10.8. The highest BCUT2D eigenvalue weighted by Crippen LogP contribution is 2.44. The number of ketones is 1. The minimum absolute atomic E-state index is 0.0682. The predicted molar refractivity (Wildman–Crippen MR) is 149 cm³/mol. The van der Waals surface area contributed by atoms with Crippen molar-refractivity contribution in [1.29, 1.82) is 0 Å². The van der Waals surface area contributed by atoms with Gasteiger partial charge in [0.25, 0.3) is 0 Å². The summed E-state index contributed by atoms with van der Waals surface area (Å²) in [6, 6.07) is 23.9. The lowest BCUT2D eigenvalue weighted by Crippen LogP contribution is -2.03. The number of rotatable bonds is 8. The Hall–Kier alpha value is -4.56. The third kappa shape index (κ3) is 5.40. The van der Waals surface area contributed by atoms with Gasteiger partial charge >= 0.3 is 5.69 Å². The molecule has 4 aromatic carbocycles. The number of para-hydroxylation sites is 1. The summed E-state index contributed by atoms with van der Waals surface area (Å²) in [6.07, 6.45) is 3.26. The lowest BCUT2D eigenvalue weighted by atomic mass is 10.1. The van der Waals surface area contributed by atoms with E-state index in [1.807, 2.05) is 55.5 Å². The maximum Gasteiger partial charge on any atom is 0.310 e. The molecule has 38 heavy (non-hydrogen) atoms. The summed E-state index contributed by atoms with van der Waals surface area (Å²) >= 11 is 1.67. The van der Waals surface area contributed by atoms with Crippen molar-refractivity contribution >= 4 is 40.7 Å². The van der Waals surface area contributed by atoms with Gasteiger partial charge in [0.15, 0.2) is 11.5 Å². The Balaban J connectivity index is 1.32. The number of methoxy groups -OCH3 is 1. The monoisotopic (exact) mass is 524 g/mol. The molecule has 0 radical (unpaired) electrons. The van der Waals surface area contributed by atoms with Crippen molar-refractivity contribution in [2.24, 2.45) is 0 Å². The van der Waals surface area contributed by atoms with Crippen molar-refractivity contribution in [3.05, 3.63) is 117 Å². The SMILES string of the molecule is COc1ccc(/C=C/C(=O)c2ccc3c(c2)Nc2ccccc2S3)cc1COc1cc(C)ccc1[N+](=O)[O-]. The molecule has 0 atom stereocenters. The van der Waals surface area contributed by atoms with Crippen molar-refractivity contribution in [2.75, 3.05) is 12.4 Å². The van der Waals surface area contributed by atoms with Gasteiger partial charge in [-0.1, -0.05) is 42.1 Å². The number of nitro benzene ring substituents is 1. The van der Waals surface area contributed by atoms with Crippen molar-refractivity contribution in [1.82, 2.24) is 0 Å². The summed E-state index contributed by atoms with van der Waals surface area (Å²) in [5.41, 5.74) is 4.74. The Morgan fingerprint density at radius 3 is 2.61 bits per heavy atom. The first-order valence-corrected chi connectivity index (χ1v) is 12.7. The Morgan fingerprint density at radius 2 is 1.79 bits per heavy atom. The van der Waals surface area contributed by atoms with Gasteiger partial charge in [-0.05, 0) is 72.7 Å². The molecular weight excluding hydrogens is 500 g/mol. The van der Waals surface area contributed by atoms with Crippen molar-refractivity contribution in [2.45, 2.75) is 23.3 Å². The molecule has 0 fully saturated rings. The number of carbonyl (C=O) groups excluding carboxylic acids is 1. The molecule has 1 aliphatic rings. The molecule has 0 aromatic heterocycles. The summed E-state index contributed by atoms with van der Waals surface area (Å²) in [5, 5.41) is 14.8. The molecule has 0 saturated heterocycles. The normalized spacial score (nSPS) is 11.8. The van der Waals surface area contributed by atoms with E-state index in [0.717, 1.165) is 32.3 Å². The number of nitrogens with one attached hydrogen (secondary N) is 1. The molecule has 0 spiro atoms. The Labute approximate surface area is 224 Å². The van der Waals surface area contributed by atoms with Crippen molar-refractivity contribution < 1.29 is 19.2 Å². The molecule has 1 heterocycles. The molecule has 7 nitrogen and oxygen atoms in total. The fourth-order valence-electron chi connectivity index (χ4n) is 4.12.